The second-order valence-corrected chi connectivity index (χ2v) is 2.35. The number of aromatic nitrogens is 1. The summed E-state index contributed by atoms with van der Waals surface area (Å²) in [4.78, 5) is 24.8. The van der Waals surface area contributed by atoms with E-state index in [9.17, 15) is 9.59 Å². The summed E-state index contributed by atoms with van der Waals surface area (Å²) in [5.41, 5.74) is -0.973. The summed E-state index contributed by atoms with van der Waals surface area (Å²) < 4.78 is 4.71. The van der Waals surface area contributed by atoms with Gasteiger partial charge in [0.25, 0.3) is 0 Å². The number of aromatic carboxylic acids is 2. The first-order valence-corrected chi connectivity index (χ1v) is 3.57. The Kier molecular flexibility index (Phi) is 4.87. The van der Waals surface area contributed by atoms with Gasteiger partial charge in [-0.25, -0.2) is 14.6 Å². The molecule has 7 heteroatoms. The van der Waals surface area contributed by atoms with Crippen molar-refractivity contribution in [1.29, 1.82) is 0 Å². The van der Waals surface area contributed by atoms with E-state index in [-0.39, 0.29) is 25.2 Å². The fraction of sp³-hybridized carbons (Fsp3) is 0.125. The Balaban J connectivity index is 0.00000196. The minimum Gasteiger partial charge on any atom is -0.496 e. The van der Waals surface area contributed by atoms with Gasteiger partial charge in [-0.2, -0.15) is 0 Å². The van der Waals surface area contributed by atoms with Gasteiger partial charge in [0, 0.05) is 25.7 Å². The van der Waals surface area contributed by atoms with E-state index in [4.69, 9.17) is 14.9 Å². The maximum absolute atomic E-state index is 10.7. The van der Waals surface area contributed by atoms with E-state index >= 15 is 0 Å². The number of rotatable bonds is 3. The van der Waals surface area contributed by atoms with Crippen LogP contribution in [0.15, 0.2) is 12.3 Å². The molecule has 0 amide bonds. The van der Waals surface area contributed by atoms with E-state index in [0.29, 0.717) is 0 Å². The van der Waals surface area contributed by atoms with Crippen molar-refractivity contribution in [3.63, 3.8) is 0 Å². The summed E-state index contributed by atoms with van der Waals surface area (Å²) >= 11 is 0. The Labute approximate surface area is 97.7 Å². The van der Waals surface area contributed by atoms with Gasteiger partial charge < -0.3 is 14.9 Å². The Bertz CT molecular complexity index is 393. The summed E-state index contributed by atoms with van der Waals surface area (Å²) in [6.45, 7) is 0. The minimum absolute atomic E-state index is 0. The number of hydrogen-bond donors (Lipinski definition) is 2. The zero-order chi connectivity index (χ0) is 10.7. The van der Waals surface area contributed by atoms with Crippen molar-refractivity contribution in [2.24, 2.45) is 0 Å². The van der Waals surface area contributed by atoms with Crippen LogP contribution in [0.25, 0.3) is 0 Å². The van der Waals surface area contributed by atoms with Crippen LogP contribution < -0.4 is 4.74 Å². The van der Waals surface area contributed by atoms with Crippen LogP contribution in [0.5, 0.6) is 5.75 Å². The van der Waals surface area contributed by atoms with Gasteiger partial charge in [0.05, 0.1) is 7.11 Å². The van der Waals surface area contributed by atoms with Gasteiger partial charge in [-0.3, -0.25) is 0 Å². The molecule has 2 N–H and O–H groups in total. The maximum atomic E-state index is 10.7. The first-order valence-electron chi connectivity index (χ1n) is 3.57. The van der Waals surface area contributed by atoms with Gasteiger partial charge in [0.15, 0.2) is 5.69 Å². The third-order valence-corrected chi connectivity index (χ3v) is 1.55. The van der Waals surface area contributed by atoms with E-state index in [1.807, 2.05) is 0 Å². The number of nitrogens with zero attached hydrogens (tertiary/aromatic N) is 1. The molecule has 1 aromatic rings. The van der Waals surface area contributed by atoms with Crippen LogP contribution in [0, 0.1) is 0 Å². The van der Waals surface area contributed by atoms with Crippen LogP contribution in [0.3, 0.4) is 0 Å². The molecule has 0 unspecified atom stereocenters. The zero-order valence-electron chi connectivity index (χ0n) is 7.93. The number of carboxylic acids is 2. The number of ether oxygens (including phenoxy) is 1. The monoisotopic (exact) mass is 261 g/mol. The molecule has 1 aromatic heterocycles. The number of carbonyl (C=O) groups is 2. The van der Waals surface area contributed by atoms with Crippen LogP contribution >= 0.6 is 0 Å². The first-order chi connectivity index (χ1) is 6.57. The van der Waals surface area contributed by atoms with E-state index in [1.165, 1.54) is 19.4 Å². The summed E-state index contributed by atoms with van der Waals surface area (Å²) in [6.07, 6.45) is 1.18. The summed E-state index contributed by atoms with van der Waals surface area (Å²) in [5, 5.41) is 17.4. The third kappa shape index (κ3) is 2.73. The topological polar surface area (TPSA) is 96.7 Å². The SMILES string of the molecule is COc1ccnc(C(=O)O)c1C(=O)O.[Zn]. The van der Waals surface area contributed by atoms with E-state index in [0.717, 1.165) is 0 Å². The average Bonchev–Trinajstić information content (AvgIpc) is 2.16. The molecule has 0 bridgehead atoms. The molecule has 15 heavy (non-hydrogen) atoms. The number of methoxy groups -OCH3 is 1. The van der Waals surface area contributed by atoms with Gasteiger partial charge in [0.2, 0.25) is 0 Å². The van der Waals surface area contributed by atoms with Crippen molar-refractivity contribution in [2.45, 2.75) is 0 Å². The van der Waals surface area contributed by atoms with Gasteiger partial charge in [0.1, 0.15) is 11.3 Å². The first kappa shape index (κ1) is 13.5. The second kappa shape index (κ2) is 5.41. The molecule has 0 radical (unpaired) electrons. The Hall–Kier alpha value is -1.49. The Morgan fingerprint density at radius 1 is 1.33 bits per heavy atom. The maximum Gasteiger partial charge on any atom is 0.355 e. The third-order valence-electron chi connectivity index (χ3n) is 1.55. The van der Waals surface area contributed by atoms with Crippen molar-refractivity contribution in [3.05, 3.63) is 23.5 Å². The summed E-state index contributed by atoms with van der Waals surface area (Å²) in [7, 11) is 1.26. The fourth-order valence-electron chi connectivity index (χ4n) is 0.983. The second-order valence-electron chi connectivity index (χ2n) is 2.35. The van der Waals surface area contributed by atoms with Gasteiger partial charge >= 0.3 is 11.9 Å². The summed E-state index contributed by atoms with van der Waals surface area (Å²) in [6, 6.07) is 1.29. The number of pyridine rings is 1. The van der Waals surface area contributed by atoms with Crippen molar-refractivity contribution in [1.82, 2.24) is 4.98 Å². The van der Waals surface area contributed by atoms with E-state index in [1.54, 1.807) is 0 Å². The summed E-state index contributed by atoms with van der Waals surface area (Å²) in [5.74, 6) is -2.81. The van der Waals surface area contributed by atoms with E-state index < -0.39 is 23.2 Å². The molecule has 0 aliphatic heterocycles. The Morgan fingerprint density at radius 3 is 2.33 bits per heavy atom. The predicted molar refractivity (Wildman–Crippen MR) is 44.7 cm³/mol. The van der Waals surface area contributed by atoms with Gasteiger partial charge in [-0.1, -0.05) is 0 Å². The van der Waals surface area contributed by atoms with Crippen molar-refractivity contribution in [2.75, 3.05) is 7.11 Å². The fourth-order valence-corrected chi connectivity index (χ4v) is 0.983. The average molecular weight is 263 g/mol. The number of hydrogen-bond acceptors (Lipinski definition) is 4. The van der Waals surface area contributed by atoms with Crippen LogP contribution in [0.1, 0.15) is 20.8 Å². The normalized spacial score (nSPS) is 8.87. The molecule has 0 aromatic carbocycles. The molecule has 0 atom stereocenters. The molecule has 0 aliphatic carbocycles. The molecule has 76 valence electrons. The molecule has 0 saturated carbocycles. The van der Waals surface area contributed by atoms with Crippen molar-refractivity contribution < 1.29 is 44.0 Å². The minimum atomic E-state index is -1.40. The standard InChI is InChI=1S/C8H7NO5.Zn/c1-14-4-2-3-9-6(8(12)13)5(4)7(10)11;/h2-3H,1H3,(H,10,11)(H,12,13);. The van der Waals surface area contributed by atoms with Gasteiger partial charge in [-0.05, 0) is 6.07 Å². The van der Waals surface area contributed by atoms with Gasteiger partial charge in [-0.15, -0.1) is 0 Å². The van der Waals surface area contributed by atoms with Crippen LogP contribution in [0.2, 0.25) is 0 Å². The van der Waals surface area contributed by atoms with Crippen LogP contribution in [-0.2, 0) is 19.5 Å². The molecule has 0 spiro atoms. The molecule has 1 rings (SSSR count). The van der Waals surface area contributed by atoms with Crippen LogP contribution in [-0.4, -0.2) is 34.2 Å². The quantitative estimate of drug-likeness (QED) is 0.769. The van der Waals surface area contributed by atoms with E-state index in [2.05, 4.69) is 4.98 Å². The molecule has 1 heterocycles. The van der Waals surface area contributed by atoms with Crippen LogP contribution in [0.4, 0.5) is 0 Å². The number of carboxylic acid groups (broad SMARTS) is 2. The predicted octanol–water partition coefficient (Wildman–Crippen LogP) is 0.484. The molecule has 0 saturated heterocycles. The largest absolute Gasteiger partial charge is 0.496 e. The molecular formula is C8H7NO5Zn. The van der Waals surface area contributed by atoms with Crippen molar-refractivity contribution in [3.8, 4) is 5.75 Å². The Morgan fingerprint density at radius 2 is 1.93 bits per heavy atom. The molecule has 0 aliphatic rings. The smallest absolute Gasteiger partial charge is 0.355 e. The molecule has 6 nitrogen and oxygen atoms in total. The zero-order valence-corrected chi connectivity index (χ0v) is 10.9. The molecule has 0 fully saturated rings. The van der Waals surface area contributed by atoms with Crippen molar-refractivity contribution >= 4 is 11.9 Å². The molecular weight excluding hydrogens is 255 g/mol.